The number of thioether (sulfide) groups is 1. The van der Waals surface area contributed by atoms with E-state index in [2.05, 4.69) is 4.98 Å². The minimum Gasteiger partial charge on any atom is -0.493 e. The van der Waals surface area contributed by atoms with Crippen molar-refractivity contribution >= 4 is 51.7 Å². The maximum absolute atomic E-state index is 12.6. The lowest BCUT2D eigenvalue weighted by Gasteiger charge is -2.10. The number of amides is 2. The summed E-state index contributed by atoms with van der Waals surface area (Å²) in [7, 11) is 3.17. The first-order chi connectivity index (χ1) is 14.1. The Hall–Kier alpha value is -2.62. The molecule has 29 heavy (non-hydrogen) atoms. The Morgan fingerprint density at radius 2 is 1.93 bits per heavy atom. The molecule has 148 valence electrons. The number of rotatable bonds is 6. The Morgan fingerprint density at radius 3 is 2.66 bits per heavy atom. The van der Waals surface area contributed by atoms with Crippen molar-refractivity contribution in [3.63, 3.8) is 0 Å². The minimum atomic E-state index is -0.283. The van der Waals surface area contributed by atoms with Crippen LogP contribution in [0.4, 0.5) is 4.79 Å². The molecule has 2 aromatic heterocycles. The lowest BCUT2D eigenvalue weighted by atomic mass is 10.2. The molecule has 1 aromatic carbocycles. The van der Waals surface area contributed by atoms with Crippen LogP contribution in [0.15, 0.2) is 46.0 Å². The topological polar surface area (TPSA) is 68.7 Å². The Labute approximate surface area is 179 Å². The summed E-state index contributed by atoms with van der Waals surface area (Å²) >= 11 is 3.93. The standard InChI is InChI=1S/C20H16N2O4S3/c1-25-15-6-5-12(8-16(15)26-2)18-21-13(11-28-18)10-22-19(23)17(29-20(22)24)9-14-4-3-7-27-14/h3-9,11H,10H2,1-2H3/b17-9-. The zero-order valence-electron chi connectivity index (χ0n) is 15.6. The first kappa shape index (κ1) is 19.7. The molecule has 1 aliphatic heterocycles. The fourth-order valence-corrected chi connectivity index (χ4v) is 5.15. The Balaban J connectivity index is 1.52. The van der Waals surface area contributed by atoms with Crippen LogP contribution in [0.1, 0.15) is 10.6 Å². The van der Waals surface area contributed by atoms with E-state index < -0.39 is 0 Å². The lowest BCUT2D eigenvalue weighted by molar-refractivity contribution is -0.123. The van der Waals surface area contributed by atoms with E-state index in [0.29, 0.717) is 22.1 Å². The van der Waals surface area contributed by atoms with Gasteiger partial charge in [-0.15, -0.1) is 22.7 Å². The molecule has 3 aromatic rings. The van der Waals surface area contributed by atoms with Crippen molar-refractivity contribution in [3.05, 3.63) is 56.6 Å². The molecule has 1 saturated heterocycles. The first-order valence-corrected chi connectivity index (χ1v) is 11.1. The Morgan fingerprint density at radius 1 is 1.10 bits per heavy atom. The molecule has 0 spiro atoms. The number of thiazole rings is 1. The fourth-order valence-electron chi connectivity index (χ4n) is 2.78. The highest BCUT2D eigenvalue weighted by Crippen LogP contribution is 2.36. The molecule has 4 rings (SSSR count). The number of hydrogen-bond donors (Lipinski definition) is 0. The summed E-state index contributed by atoms with van der Waals surface area (Å²) in [6, 6.07) is 9.39. The van der Waals surface area contributed by atoms with Crippen LogP contribution >= 0.6 is 34.4 Å². The van der Waals surface area contributed by atoms with Crippen LogP contribution in [0.5, 0.6) is 11.5 Å². The smallest absolute Gasteiger partial charge is 0.293 e. The van der Waals surface area contributed by atoms with Gasteiger partial charge < -0.3 is 9.47 Å². The Bertz CT molecular complexity index is 1090. The summed E-state index contributed by atoms with van der Waals surface area (Å²) < 4.78 is 10.6. The number of carbonyl (C=O) groups excluding carboxylic acids is 2. The van der Waals surface area contributed by atoms with Crippen LogP contribution in [-0.2, 0) is 11.3 Å². The van der Waals surface area contributed by atoms with Crippen molar-refractivity contribution in [2.45, 2.75) is 6.54 Å². The number of thiophene rings is 1. The zero-order chi connectivity index (χ0) is 20.4. The number of ether oxygens (including phenoxy) is 2. The van der Waals surface area contributed by atoms with Crippen molar-refractivity contribution in [1.29, 1.82) is 0 Å². The second kappa shape index (κ2) is 8.40. The molecule has 9 heteroatoms. The van der Waals surface area contributed by atoms with E-state index in [1.54, 1.807) is 20.3 Å². The molecule has 3 heterocycles. The monoisotopic (exact) mass is 444 g/mol. The molecule has 0 unspecified atom stereocenters. The van der Waals surface area contributed by atoms with E-state index >= 15 is 0 Å². The molecule has 0 bridgehead atoms. The van der Waals surface area contributed by atoms with Crippen LogP contribution in [-0.4, -0.2) is 35.2 Å². The SMILES string of the molecule is COc1ccc(-c2nc(CN3C(=O)S/C(=C\c4cccs4)C3=O)cs2)cc1OC. The largest absolute Gasteiger partial charge is 0.493 e. The van der Waals surface area contributed by atoms with E-state index in [1.807, 2.05) is 41.1 Å². The molecule has 0 N–H and O–H groups in total. The summed E-state index contributed by atoms with van der Waals surface area (Å²) in [5.41, 5.74) is 1.55. The van der Waals surface area contributed by atoms with Gasteiger partial charge in [0.1, 0.15) is 5.01 Å². The van der Waals surface area contributed by atoms with Gasteiger partial charge in [0.05, 0.1) is 31.4 Å². The summed E-state index contributed by atoms with van der Waals surface area (Å²) in [4.78, 5) is 32.2. The summed E-state index contributed by atoms with van der Waals surface area (Å²) in [6.45, 7) is 0.149. The van der Waals surface area contributed by atoms with Gasteiger partial charge in [-0.3, -0.25) is 14.5 Å². The third-order valence-corrected chi connectivity index (χ3v) is 6.86. The minimum absolute atomic E-state index is 0.149. The van der Waals surface area contributed by atoms with Crippen molar-refractivity contribution in [3.8, 4) is 22.1 Å². The number of nitrogens with zero attached hydrogens (tertiary/aromatic N) is 2. The molecule has 6 nitrogen and oxygen atoms in total. The summed E-state index contributed by atoms with van der Waals surface area (Å²) in [6.07, 6.45) is 1.76. The van der Waals surface area contributed by atoms with Crippen LogP contribution in [0.3, 0.4) is 0 Å². The predicted molar refractivity (Wildman–Crippen MR) is 116 cm³/mol. The Kier molecular flexibility index (Phi) is 5.70. The van der Waals surface area contributed by atoms with E-state index in [1.165, 1.54) is 27.6 Å². The van der Waals surface area contributed by atoms with Crippen LogP contribution in [0.2, 0.25) is 0 Å². The lowest BCUT2D eigenvalue weighted by Crippen LogP contribution is -2.27. The number of methoxy groups -OCH3 is 2. The second-order valence-corrected chi connectivity index (χ2v) is 8.83. The summed E-state index contributed by atoms with van der Waals surface area (Å²) in [5, 5.41) is 4.29. The maximum atomic E-state index is 12.6. The van der Waals surface area contributed by atoms with E-state index in [0.717, 1.165) is 27.2 Å². The molecule has 1 fully saturated rings. The number of benzene rings is 1. The molecule has 0 saturated carbocycles. The van der Waals surface area contributed by atoms with Gasteiger partial charge >= 0.3 is 0 Å². The van der Waals surface area contributed by atoms with Gasteiger partial charge in [-0.05, 0) is 47.5 Å². The number of carbonyl (C=O) groups is 2. The maximum Gasteiger partial charge on any atom is 0.293 e. The van der Waals surface area contributed by atoms with Crippen LogP contribution in [0, 0.1) is 0 Å². The average Bonchev–Trinajstić information content (AvgIpc) is 3.47. The third-order valence-electron chi connectivity index (χ3n) is 4.19. The summed E-state index contributed by atoms with van der Waals surface area (Å²) in [5.74, 6) is 0.976. The van der Waals surface area contributed by atoms with E-state index in [-0.39, 0.29) is 17.7 Å². The molecular weight excluding hydrogens is 428 g/mol. The molecule has 0 aliphatic carbocycles. The first-order valence-electron chi connectivity index (χ1n) is 8.54. The van der Waals surface area contributed by atoms with Crippen molar-refractivity contribution in [1.82, 2.24) is 9.88 Å². The second-order valence-electron chi connectivity index (χ2n) is 6.00. The van der Waals surface area contributed by atoms with E-state index in [9.17, 15) is 9.59 Å². The van der Waals surface area contributed by atoms with E-state index in [4.69, 9.17) is 9.47 Å². The highest BCUT2D eigenvalue weighted by atomic mass is 32.2. The van der Waals surface area contributed by atoms with Crippen LogP contribution < -0.4 is 9.47 Å². The van der Waals surface area contributed by atoms with Gasteiger partial charge in [0.2, 0.25) is 0 Å². The fraction of sp³-hybridized carbons (Fsp3) is 0.150. The predicted octanol–water partition coefficient (Wildman–Crippen LogP) is 5.13. The molecule has 1 aliphatic rings. The zero-order valence-corrected chi connectivity index (χ0v) is 18.0. The van der Waals surface area contributed by atoms with Gasteiger partial charge in [-0.25, -0.2) is 4.98 Å². The van der Waals surface area contributed by atoms with Crippen molar-refractivity contribution in [2.75, 3.05) is 14.2 Å². The molecule has 0 radical (unpaired) electrons. The van der Waals surface area contributed by atoms with Gasteiger partial charge in [0, 0.05) is 15.8 Å². The van der Waals surface area contributed by atoms with Gasteiger partial charge in [-0.1, -0.05) is 6.07 Å². The van der Waals surface area contributed by atoms with Gasteiger partial charge in [0.25, 0.3) is 11.1 Å². The van der Waals surface area contributed by atoms with Crippen molar-refractivity contribution < 1.29 is 19.1 Å². The third kappa shape index (κ3) is 4.07. The van der Waals surface area contributed by atoms with Gasteiger partial charge in [0.15, 0.2) is 11.5 Å². The van der Waals surface area contributed by atoms with Crippen molar-refractivity contribution in [2.24, 2.45) is 0 Å². The number of aromatic nitrogens is 1. The molecule has 2 amide bonds. The average molecular weight is 445 g/mol. The van der Waals surface area contributed by atoms with Gasteiger partial charge in [-0.2, -0.15) is 0 Å². The highest BCUT2D eigenvalue weighted by molar-refractivity contribution is 8.18. The number of hydrogen-bond acceptors (Lipinski definition) is 8. The molecule has 0 atom stereocenters. The quantitative estimate of drug-likeness (QED) is 0.491. The van der Waals surface area contributed by atoms with Crippen LogP contribution in [0.25, 0.3) is 16.6 Å². The normalized spacial score (nSPS) is 15.4. The molecular formula is C20H16N2O4S3. The number of imide groups is 1. The highest BCUT2D eigenvalue weighted by Gasteiger charge is 2.35.